The van der Waals surface area contributed by atoms with Crippen molar-refractivity contribution in [1.29, 1.82) is 0 Å². The number of aliphatic hydroxyl groups is 1. The molecule has 0 bridgehead atoms. The zero-order valence-corrected chi connectivity index (χ0v) is 14.2. The van der Waals surface area contributed by atoms with Gasteiger partial charge < -0.3 is 10.4 Å². The number of nitrogens with one attached hydrogen (secondary N) is 2. The van der Waals surface area contributed by atoms with Crippen molar-refractivity contribution in [2.24, 2.45) is 0 Å². The molecule has 1 aromatic carbocycles. The number of anilines is 2. The van der Waals surface area contributed by atoms with Gasteiger partial charge in [-0.25, -0.2) is 19.8 Å². The molecule has 136 valence electrons. The maximum Gasteiger partial charge on any atom is 0.297 e. The lowest BCUT2D eigenvalue weighted by Crippen LogP contribution is -2.29. The van der Waals surface area contributed by atoms with E-state index in [4.69, 9.17) is 4.84 Å². The second-order valence-electron chi connectivity index (χ2n) is 5.84. The van der Waals surface area contributed by atoms with Gasteiger partial charge in [0, 0.05) is 0 Å². The van der Waals surface area contributed by atoms with Crippen molar-refractivity contribution in [3.63, 3.8) is 0 Å². The van der Waals surface area contributed by atoms with Crippen LogP contribution in [0.3, 0.4) is 0 Å². The summed E-state index contributed by atoms with van der Waals surface area (Å²) in [5, 5.41) is 12.1. The number of rotatable bonds is 6. The number of fused-ring (bicyclic) bond motifs is 1. The topological polar surface area (TPSA) is 101 Å². The Hall–Kier alpha value is -3.04. The van der Waals surface area contributed by atoms with Crippen LogP contribution in [0.25, 0.3) is 5.52 Å². The minimum atomic E-state index is -0.737. The Morgan fingerprint density at radius 3 is 2.96 bits per heavy atom. The van der Waals surface area contributed by atoms with Gasteiger partial charge in [0.2, 0.25) is 0 Å². The van der Waals surface area contributed by atoms with Gasteiger partial charge in [-0.2, -0.15) is 0 Å². The first-order chi connectivity index (χ1) is 12.5. The van der Waals surface area contributed by atoms with Crippen molar-refractivity contribution in [3.05, 3.63) is 54.0 Å². The average molecular weight is 359 g/mol. The van der Waals surface area contributed by atoms with Gasteiger partial charge in [-0.05, 0) is 31.5 Å². The quantitative estimate of drug-likeness (QED) is 0.582. The van der Waals surface area contributed by atoms with Crippen molar-refractivity contribution >= 4 is 22.9 Å². The Kier molecular flexibility index (Phi) is 5.10. The molecule has 1 atom stereocenters. The summed E-state index contributed by atoms with van der Waals surface area (Å²) in [4.78, 5) is 25.5. The third-order valence-corrected chi connectivity index (χ3v) is 3.54. The van der Waals surface area contributed by atoms with E-state index in [2.05, 4.69) is 20.8 Å². The third kappa shape index (κ3) is 3.79. The number of imidazole rings is 1. The van der Waals surface area contributed by atoms with Crippen LogP contribution in [0.15, 0.2) is 36.9 Å². The van der Waals surface area contributed by atoms with Crippen LogP contribution in [-0.2, 0) is 4.84 Å². The lowest BCUT2D eigenvalue weighted by molar-refractivity contribution is -0.00709. The van der Waals surface area contributed by atoms with Crippen LogP contribution >= 0.6 is 0 Å². The molecule has 0 saturated heterocycles. The highest BCUT2D eigenvalue weighted by Crippen LogP contribution is 2.24. The monoisotopic (exact) mass is 359 g/mol. The van der Waals surface area contributed by atoms with E-state index in [-0.39, 0.29) is 23.8 Å². The Morgan fingerprint density at radius 2 is 2.23 bits per heavy atom. The van der Waals surface area contributed by atoms with E-state index in [1.54, 1.807) is 29.7 Å². The second-order valence-corrected chi connectivity index (χ2v) is 5.84. The SMILES string of the molecule is Cc1ccc(Nc2c(C(=O)NOCC(C)O)ncc3cncn23)c(F)c1. The third-order valence-electron chi connectivity index (χ3n) is 3.54. The summed E-state index contributed by atoms with van der Waals surface area (Å²) in [6.45, 7) is 3.23. The first kappa shape index (κ1) is 17.8. The van der Waals surface area contributed by atoms with Crippen LogP contribution < -0.4 is 10.8 Å². The van der Waals surface area contributed by atoms with E-state index in [0.717, 1.165) is 5.56 Å². The van der Waals surface area contributed by atoms with E-state index in [1.165, 1.54) is 25.5 Å². The minimum absolute atomic E-state index is 0.0129. The number of aliphatic hydroxyl groups excluding tert-OH is 1. The van der Waals surface area contributed by atoms with Crippen LogP contribution in [0.2, 0.25) is 0 Å². The molecule has 0 fully saturated rings. The lowest BCUT2D eigenvalue weighted by atomic mass is 10.2. The first-order valence-corrected chi connectivity index (χ1v) is 7.90. The zero-order chi connectivity index (χ0) is 18.7. The molecule has 2 heterocycles. The molecule has 3 N–H and O–H groups in total. The van der Waals surface area contributed by atoms with E-state index in [0.29, 0.717) is 5.52 Å². The molecule has 1 amide bonds. The highest BCUT2D eigenvalue weighted by atomic mass is 19.1. The summed E-state index contributed by atoms with van der Waals surface area (Å²) in [5.74, 6) is -0.865. The lowest BCUT2D eigenvalue weighted by Gasteiger charge is -2.14. The number of hydrogen-bond acceptors (Lipinski definition) is 6. The molecule has 3 aromatic rings. The molecule has 26 heavy (non-hydrogen) atoms. The predicted molar refractivity (Wildman–Crippen MR) is 92.5 cm³/mol. The number of nitrogens with zero attached hydrogens (tertiary/aromatic N) is 3. The molecular formula is C17H18FN5O3. The van der Waals surface area contributed by atoms with Crippen molar-refractivity contribution in [3.8, 4) is 0 Å². The first-order valence-electron chi connectivity index (χ1n) is 7.90. The summed E-state index contributed by atoms with van der Waals surface area (Å²) < 4.78 is 15.8. The predicted octanol–water partition coefficient (Wildman–Crippen LogP) is 1.96. The highest BCUT2D eigenvalue weighted by Gasteiger charge is 2.18. The maximum atomic E-state index is 14.2. The van der Waals surface area contributed by atoms with Crippen LogP contribution in [0.5, 0.6) is 0 Å². The van der Waals surface area contributed by atoms with Gasteiger partial charge in [0.25, 0.3) is 5.91 Å². The van der Waals surface area contributed by atoms with Crippen LogP contribution in [0.4, 0.5) is 15.9 Å². The standard InChI is InChI=1S/C17H18FN5O3/c1-10-3-4-14(13(18)5-10)21-16-15(17(25)22-26-8-11(2)24)20-7-12-6-19-9-23(12)16/h3-7,9,11,21,24H,8H2,1-2H3,(H,22,25). The molecule has 3 rings (SSSR count). The van der Waals surface area contributed by atoms with Crippen LogP contribution in [0, 0.1) is 12.7 Å². The molecular weight excluding hydrogens is 341 g/mol. The van der Waals surface area contributed by atoms with Gasteiger partial charge in [-0.1, -0.05) is 6.07 Å². The molecule has 1 unspecified atom stereocenters. The number of aromatic nitrogens is 3. The zero-order valence-electron chi connectivity index (χ0n) is 14.2. The second kappa shape index (κ2) is 7.46. The largest absolute Gasteiger partial charge is 0.391 e. The minimum Gasteiger partial charge on any atom is -0.391 e. The van der Waals surface area contributed by atoms with Gasteiger partial charge in [0.1, 0.15) is 24.6 Å². The van der Waals surface area contributed by atoms with E-state index in [9.17, 15) is 14.3 Å². The summed E-state index contributed by atoms with van der Waals surface area (Å²) >= 11 is 0. The molecule has 0 aliphatic heterocycles. The number of hydroxylamine groups is 1. The fourth-order valence-electron chi connectivity index (χ4n) is 2.30. The molecule has 0 spiro atoms. The summed E-state index contributed by atoms with van der Waals surface area (Å²) in [5.41, 5.74) is 3.79. The van der Waals surface area contributed by atoms with Crippen LogP contribution in [-0.4, -0.2) is 38.1 Å². The Morgan fingerprint density at radius 1 is 1.42 bits per heavy atom. The molecule has 0 aliphatic rings. The molecule has 8 nitrogen and oxygen atoms in total. The van der Waals surface area contributed by atoms with Crippen molar-refractivity contribution < 1.29 is 19.1 Å². The number of carbonyl (C=O) groups is 1. The Bertz CT molecular complexity index is 941. The normalized spacial score (nSPS) is 12.2. The van der Waals surface area contributed by atoms with Gasteiger partial charge in [0.05, 0.1) is 29.7 Å². The van der Waals surface area contributed by atoms with E-state index < -0.39 is 17.8 Å². The highest BCUT2D eigenvalue weighted by molar-refractivity contribution is 5.97. The number of halogens is 1. The van der Waals surface area contributed by atoms with E-state index in [1.807, 2.05) is 0 Å². The van der Waals surface area contributed by atoms with Crippen molar-refractivity contribution in [2.75, 3.05) is 11.9 Å². The Labute approximate surface area is 148 Å². The summed E-state index contributed by atoms with van der Waals surface area (Å²) in [6.07, 6.45) is 3.78. The smallest absolute Gasteiger partial charge is 0.297 e. The fourth-order valence-corrected chi connectivity index (χ4v) is 2.30. The number of amides is 1. The van der Waals surface area contributed by atoms with Crippen LogP contribution in [0.1, 0.15) is 23.0 Å². The summed E-state index contributed by atoms with van der Waals surface area (Å²) in [6, 6.07) is 4.71. The number of benzene rings is 1. The Balaban J connectivity index is 1.96. The molecule has 9 heteroatoms. The van der Waals surface area contributed by atoms with Gasteiger partial charge in [-0.15, -0.1) is 0 Å². The van der Waals surface area contributed by atoms with Crippen molar-refractivity contribution in [1.82, 2.24) is 19.8 Å². The molecule has 2 aromatic heterocycles. The van der Waals surface area contributed by atoms with Gasteiger partial charge in [-0.3, -0.25) is 14.0 Å². The van der Waals surface area contributed by atoms with E-state index >= 15 is 0 Å². The number of hydrogen-bond donors (Lipinski definition) is 3. The number of aryl methyl sites for hydroxylation is 1. The van der Waals surface area contributed by atoms with Gasteiger partial charge >= 0.3 is 0 Å². The van der Waals surface area contributed by atoms with Gasteiger partial charge in [0.15, 0.2) is 5.69 Å². The molecule has 0 saturated carbocycles. The average Bonchev–Trinajstić information content (AvgIpc) is 3.06. The number of carbonyl (C=O) groups excluding carboxylic acids is 1. The molecule has 0 aliphatic carbocycles. The summed E-state index contributed by atoms with van der Waals surface area (Å²) in [7, 11) is 0. The molecule has 0 radical (unpaired) electrons. The van der Waals surface area contributed by atoms with Crippen molar-refractivity contribution in [2.45, 2.75) is 20.0 Å². The fraction of sp³-hybridized carbons (Fsp3) is 0.235. The maximum absolute atomic E-state index is 14.2.